The van der Waals surface area contributed by atoms with Gasteiger partial charge >= 0.3 is 6.18 Å². The largest absolute Gasteiger partial charge is 0.419 e. The maximum absolute atomic E-state index is 13.3. The second kappa shape index (κ2) is 6.67. The monoisotopic (exact) mass is 410 g/mol. The Morgan fingerprint density at radius 2 is 1.82 bits per heavy atom. The van der Waals surface area contributed by atoms with E-state index < -0.39 is 40.2 Å². The fourth-order valence-electron chi connectivity index (χ4n) is 3.11. The Morgan fingerprint density at radius 3 is 2.36 bits per heavy atom. The maximum Gasteiger partial charge on any atom is 0.419 e. The van der Waals surface area contributed by atoms with Gasteiger partial charge in [0.1, 0.15) is 17.4 Å². The van der Waals surface area contributed by atoms with Crippen LogP contribution in [0.2, 0.25) is 0 Å². The number of carbonyl (C=O) groups is 1. The number of benzene rings is 1. The lowest BCUT2D eigenvalue weighted by Crippen LogP contribution is -2.44. The number of thiol groups is 1. The van der Waals surface area contributed by atoms with Crippen LogP contribution >= 0.6 is 12.6 Å². The molecule has 0 saturated carbocycles. The average Bonchev–Trinajstić information content (AvgIpc) is 2.79. The minimum absolute atomic E-state index is 0.144. The topological polar surface area (TPSA) is 60.2 Å². The van der Waals surface area contributed by atoms with E-state index in [1.165, 1.54) is 30.3 Å². The first-order valence-electron chi connectivity index (χ1n) is 8.02. The number of hydrogen-bond acceptors (Lipinski definition) is 5. The number of amides is 1. The van der Waals surface area contributed by atoms with Crippen molar-refractivity contribution in [2.75, 3.05) is 9.80 Å². The summed E-state index contributed by atoms with van der Waals surface area (Å²) in [5, 5.41) is 8.89. The Hall–Kier alpha value is -2.80. The van der Waals surface area contributed by atoms with E-state index in [-0.39, 0.29) is 5.69 Å². The molecule has 1 unspecified atom stereocenters. The van der Waals surface area contributed by atoms with Gasteiger partial charge in [-0.2, -0.15) is 18.4 Å². The van der Waals surface area contributed by atoms with Crippen LogP contribution in [-0.4, -0.2) is 21.9 Å². The summed E-state index contributed by atoms with van der Waals surface area (Å²) in [6, 6.07) is 7.44. The summed E-state index contributed by atoms with van der Waals surface area (Å²) in [5.41, 5.74) is -3.83. The number of halogens is 4. The van der Waals surface area contributed by atoms with Crippen LogP contribution in [0, 0.1) is 17.1 Å². The van der Waals surface area contributed by atoms with Crippen molar-refractivity contribution >= 4 is 29.9 Å². The predicted octanol–water partition coefficient (Wildman–Crippen LogP) is 3.96. The maximum atomic E-state index is 13.3. The van der Waals surface area contributed by atoms with Gasteiger partial charge in [-0.05, 0) is 44.2 Å². The van der Waals surface area contributed by atoms with Gasteiger partial charge in [0.05, 0.1) is 17.4 Å². The van der Waals surface area contributed by atoms with Crippen LogP contribution in [0.15, 0.2) is 36.5 Å². The fourth-order valence-corrected chi connectivity index (χ4v) is 3.77. The molecule has 0 bridgehead atoms. The number of alkyl halides is 3. The number of nitrogens with zero attached hydrogens (tertiary/aromatic N) is 4. The third-order valence-corrected chi connectivity index (χ3v) is 4.94. The first-order chi connectivity index (χ1) is 13.0. The Morgan fingerprint density at radius 1 is 1.21 bits per heavy atom. The Kier molecular flexibility index (Phi) is 4.75. The third-order valence-electron chi connectivity index (χ3n) is 4.47. The molecule has 28 heavy (non-hydrogen) atoms. The van der Waals surface area contributed by atoms with Gasteiger partial charge in [-0.1, -0.05) is 0 Å². The van der Waals surface area contributed by atoms with E-state index in [0.29, 0.717) is 11.8 Å². The molecule has 0 radical (unpaired) electrons. The Labute approximate surface area is 163 Å². The molecule has 1 aliphatic heterocycles. The summed E-state index contributed by atoms with van der Waals surface area (Å²) < 4.78 is 53.1. The molecule has 3 rings (SSSR count). The number of anilines is 2. The summed E-state index contributed by atoms with van der Waals surface area (Å²) in [4.78, 5) is 19.2. The highest BCUT2D eigenvalue weighted by Gasteiger charge is 2.51. The average molecular weight is 410 g/mol. The lowest BCUT2D eigenvalue weighted by Gasteiger charge is -2.33. The molecule has 1 amide bonds. The lowest BCUT2D eigenvalue weighted by molar-refractivity contribution is -0.138. The number of hydrogen-bond donors (Lipinski definition) is 1. The van der Waals surface area contributed by atoms with Crippen LogP contribution < -0.4 is 9.80 Å². The smallest absolute Gasteiger partial charge is 0.328 e. The summed E-state index contributed by atoms with van der Waals surface area (Å²) in [5.74, 6) is -0.984. The number of pyridine rings is 1. The van der Waals surface area contributed by atoms with Crippen molar-refractivity contribution in [3.05, 3.63) is 53.6 Å². The minimum atomic E-state index is -4.81. The second-order valence-electron chi connectivity index (χ2n) is 6.63. The number of aromatic nitrogens is 1. The number of nitriles is 1. The zero-order valence-corrected chi connectivity index (χ0v) is 15.6. The highest BCUT2D eigenvalue weighted by atomic mass is 32.1. The molecule has 0 N–H and O–H groups in total. The molecule has 1 aromatic heterocycles. The quantitative estimate of drug-likeness (QED) is 0.602. The van der Waals surface area contributed by atoms with Crippen molar-refractivity contribution < 1.29 is 22.4 Å². The molecule has 2 aromatic rings. The molecule has 1 aromatic carbocycles. The minimum Gasteiger partial charge on any atom is -0.328 e. The van der Waals surface area contributed by atoms with Gasteiger partial charge in [-0.25, -0.2) is 9.37 Å². The van der Waals surface area contributed by atoms with Gasteiger partial charge in [0.15, 0.2) is 11.2 Å². The van der Waals surface area contributed by atoms with E-state index in [4.69, 9.17) is 5.26 Å². The van der Waals surface area contributed by atoms with Gasteiger partial charge in [0.2, 0.25) is 0 Å². The van der Waals surface area contributed by atoms with Crippen molar-refractivity contribution in [3.63, 3.8) is 0 Å². The van der Waals surface area contributed by atoms with Crippen molar-refractivity contribution in [3.8, 4) is 6.07 Å². The SMILES string of the molecule is CC1(C)C(=O)N(c2cnc(C#N)c(C(F)(F)F)c2)C(S)N1c1ccc(F)cc1. The molecule has 0 aliphatic carbocycles. The van der Waals surface area contributed by atoms with E-state index in [1.54, 1.807) is 18.7 Å². The molecule has 1 saturated heterocycles. The summed E-state index contributed by atoms with van der Waals surface area (Å²) in [6.45, 7) is 3.17. The predicted molar refractivity (Wildman–Crippen MR) is 97.2 cm³/mol. The van der Waals surface area contributed by atoms with Gasteiger partial charge < -0.3 is 4.90 Å². The molecular weight excluding hydrogens is 396 g/mol. The van der Waals surface area contributed by atoms with Gasteiger partial charge in [0.25, 0.3) is 5.91 Å². The third kappa shape index (κ3) is 3.16. The zero-order valence-electron chi connectivity index (χ0n) is 14.7. The summed E-state index contributed by atoms with van der Waals surface area (Å²) in [6.07, 6.45) is -3.78. The van der Waals surface area contributed by atoms with Crippen molar-refractivity contribution in [2.24, 2.45) is 0 Å². The normalized spacial score (nSPS) is 19.1. The molecule has 10 heteroatoms. The van der Waals surface area contributed by atoms with Crippen molar-refractivity contribution in [1.29, 1.82) is 5.26 Å². The molecule has 146 valence electrons. The summed E-state index contributed by atoms with van der Waals surface area (Å²) in [7, 11) is 0. The standard InChI is InChI=1S/C18H14F4N4OS/c1-17(2)15(27)25(16(28)26(17)11-5-3-10(19)4-6-11)12-7-13(18(20,21)22)14(8-23)24-9-12/h3-7,9,16,28H,1-2H3. The first kappa shape index (κ1) is 19.9. The molecule has 5 nitrogen and oxygen atoms in total. The highest BCUT2D eigenvalue weighted by Crippen LogP contribution is 2.41. The van der Waals surface area contributed by atoms with Gasteiger partial charge in [0, 0.05) is 5.69 Å². The number of carbonyl (C=O) groups excluding carboxylic acids is 1. The van der Waals surface area contributed by atoms with Crippen LogP contribution in [0.5, 0.6) is 0 Å². The van der Waals surface area contributed by atoms with E-state index in [1.807, 2.05) is 0 Å². The highest BCUT2D eigenvalue weighted by molar-refractivity contribution is 7.81. The van der Waals surface area contributed by atoms with Crippen LogP contribution in [-0.2, 0) is 11.0 Å². The fraction of sp³-hybridized carbons (Fsp3) is 0.278. The molecule has 1 fully saturated rings. The van der Waals surface area contributed by atoms with E-state index in [0.717, 1.165) is 11.1 Å². The summed E-state index contributed by atoms with van der Waals surface area (Å²) >= 11 is 4.42. The zero-order chi connectivity index (χ0) is 20.9. The van der Waals surface area contributed by atoms with Gasteiger partial charge in [-0.15, -0.1) is 12.6 Å². The molecule has 1 aliphatic rings. The van der Waals surface area contributed by atoms with Crippen LogP contribution in [0.1, 0.15) is 25.1 Å². The van der Waals surface area contributed by atoms with Crippen LogP contribution in [0.4, 0.5) is 28.9 Å². The van der Waals surface area contributed by atoms with E-state index in [2.05, 4.69) is 17.6 Å². The second-order valence-corrected chi connectivity index (χ2v) is 7.09. The van der Waals surface area contributed by atoms with Crippen LogP contribution in [0.3, 0.4) is 0 Å². The van der Waals surface area contributed by atoms with E-state index in [9.17, 15) is 22.4 Å². The first-order valence-corrected chi connectivity index (χ1v) is 8.54. The van der Waals surface area contributed by atoms with Crippen LogP contribution in [0.25, 0.3) is 0 Å². The molecule has 1 atom stereocenters. The van der Waals surface area contributed by atoms with E-state index >= 15 is 0 Å². The van der Waals surface area contributed by atoms with Gasteiger partial charge in [-0.3, -0.25) is 9.69 Å². The Balaban J connectivity index is 2.10. The molecule has 2 heterocycles. The molecule has 0 spiro atoms. The van der Waals surface area contributed by atoms with Crippen molar-refractivity contribution in [2.45, 2.75) is 31.1 Å². The lowest BCUT2D eigenvalue weighted by atomic mass is 10.0. The Bertz CT molecular complexity index is 969. The molecular formula is C18H14F4N4OS. The number of rotatable bonds is 2. The van der Waals surface area contributed by atoms with Crippen molar-refractivity contribution in [1.82, 2.24) is 4.98 Å².